The SMILES string of the molecule is CCC(=O)C1CCCCN1S(=O)(=O)c1cccc(F)c1. The van der Waals surface area contributed by atoms with Gasteiger partial charge in [0.15, 0.2) is 5.78 Å². The van der Waals surface area contributed by atoms with Crippen LogP contribution in [0.1, 0.15) is 32.6 Å². The average molecular weight is 299 g/mol. The van der Waals surface area contributed by atoms with Crippen molar-refractivity contribution >= 4 is 15.8 Å². The summed E-state index contributed by atoms with van der Waals surface area (Å²) in [5, 5.41) is 0. The zero-order valence-electron chi connectivity index (χ0n) is 11.4. The summed E-state index contributed by atoms with van der Waals surface area (Å²) in [6.45, 7) is 2.04. The molecule has 1 aliphatic heterocycles. The lowest BCUT2D eigenvalue weighted by atomic mass is 10.00. The van der Waals surface area contributed by atoms with Crippen LogP contribution in [0.15, 0.2) is 29.2 Å². The molecule has 110 valence electrons. The van der Waals surface area contributed by atoms with E-state index in [1.165, 1.54) is 22.5 Å². The molecule has 0 aliphatic carbocycles. The molecule has 0 radical (unpaired) electrons. The Labute approximate surface area is 118 Å². The molecule has 0 saturated carbocycles. The summed E-state index contributed by atoms with van der Waals surface area (Å²) in [6.07, 6.45) is 2.41. The number of carbonyl (C=O) groups excluding carboxylic acids is 1. The first kappa shape index (κ1) is 15.1. The predicted molar refractivity (Wildman–Crippen MR) is 73.2 cm³/mol. The largest absolute Gasteiger partial charge is 0.298 e. The molecule has 2 rings (SSSR count). The molecule has 4 nitrogen and oxygen atoms in total. The number of piperidine rings is 1. The van der Waals surface area contributed by atoms with Crippen LogP contribution in [0.3, 0.4) is 0 Å². The first-order valence-electron chi connectivity index (χ1n) is 6.77. The van der Waals surface area contributed by atoms with Gasteiger partial charge in [-0.15, -0.1) is 0 Å². The fourth-order valence-electron chi connectivity index (χ4n) is 2.51. The fourth-order valence-corrected chi connectivity index (χ4v) is 4.22. The zero-order valence-corrected chi connectivity index (χ0v) is 12.2. The van der Waals surface area contributed by atoms with Crippen LogP contribution in [0.5, 0.6) is 0 Å². The van der Waals surface area contributed by atoms with Crippen molar-refractivity contribution in [3.05, 3.63) is 30.1 Å². The van der Waals surface area contributed by atoms with Gasteiger partial charge >= 0.3 is 0 Å². The van der Waals surface area contributed by atoms with E-state index in [2.05, 4.69) is 0 Å². The molecule has 1 saturated heterocycles. The van der Waals surface area contributed by atoms with Gasteiger partial charge in [0.25, 0.3) is 0 Å². The number of rotatable bonds is 4. The molecule has 0 amide bonds. The normalized spacial score (nSPS) is 20.8. The van der Waals surface area contributed by atoms with Gasteiger partial charge < -0.3 is 0 Å². The van der Waals surface area contributed by atoms with Crippen molar-refractivity contribution in [1.82, 2.24) is 4.31 Å². The van der Waals surface area contributed by atoms with Gasteiger partial charge in [-0.2, -0.15) is 4.31 Å². The van der Waals surface area contributed by atoms with Crippen LogP contribution in [0.4, 0.5) is 4.39 Å². The Kier molecular flexibility index (Phi) is 4.55. The van der Waals surface area contributed by atoms with E-state index in [0.29, 0.717) is 19.4 Å². The molecular formula is C14H18FNO3S. The molecule has 0 bridgehead atoms. The molecular weight excluding hydrogens is 281 g/mol. The minimum absolute atomic E-state index is 0.0790. The van der Waals surface area contributed by atoms with E-state index in [-0.39, 0.29) is 10.7 Å². The molecule has 1 aromatic carbocycles. The molecule has 1 aliphatic rings. The average Bonchev–Trinajstić information content (AvgIpc) is 2.46. The minimum Gasteiger partial charge on any atom is -0.298 e. The Hall–Kier alpha value is -1.27. The second-order valence-electron chi connectivity index (χ2n) is 4.90. The highest BCUT2D eigenvalue weighted by atomic mass is 32.2. The zero-order chi connectivity index (χ0) is 14.8. The third-order valence-corrected chi connectivity index (χ3v) is 5.48. The molecule has 1 heterocycles. The first-order chi connectivity index (χ1) is 9.46. The third kappa shape index (κ3) is 2.91. The van der Waals surface area contributed by atoms with Crippen molar-refractivity contribution in [2.75, 3.05) is 6.54 Å². The van der Waals surface area contributed by atoms with Gasteiger partial charge in [0, 0.05) is 13.0 Å². The van der Waals surface area contributed by atoms with E-state index in [4.69, 9.17) is 0 Å². The number of halogens is 1. The topological polar surface area (TPSA) is 54.5 Å². The number of hydrogen-bond acceptors (Lipinski definition) is 3. The summed E-state index contributed by atoms with van der Waals surface area (Å²) >= 11 is 0. The summed E-state index contributed by atoms with van der Waals surface area (Å²) in [7, 11) is -3.82. The van der Waals surface area contributed by atoms with E-state index >= 15 is 0 Å². The highest BCUT2D eigenvalue weighted by Crippen LogP contribution is 2.26. The molecule has 1 atom stereocenters. The Morgan fingerprint density at radius 2 is 2.15 bits per heavy atom. The number of carbonyl (C=O) groups is 1. The standard InChI is InChI=1S/C14H18FNO3S/c1-2-14(17)13-8-3-4-9-16(13)20(18,19)12-7-5-6-11(15)10-12/h5-7,10,13H,2-4,8-9H2,1H3. The number of Topliss-reactive ketones (excluding diaryl/α,β-unsaturated/α-hetero) is 1. The van der Waals surface area contributed by atoms with E-state index in [0.717, 1.165) is 18.9 Å². The Balaban J connectivity index is 2.38. The van der Waals surface area contributed by atoms with Crippen LogP contribution < -0.4 is 0 Å². The van der Waals surface area contributed by atoms with E-state index in [1.807, 2.05) is 0 Å². The maximum absolute atomic E-state index is 13.2. The molecule has 6 heteroatoms. The lowest BCUT2D eigenvalue weighted by Gasteiger charge is -2.33. The number of nitrogens with zero attached hydrogens (tertiary/aromatic N) is 1. The smallest absolute Gasteiger partial charge is 0.243 e. The van der Waals surface area contributed by atoms with Crippen molar-refractivity contribution in [3.8, 4) is 0 Å². The molecule has 0 spiro atoms. The molecule has 0 N–H and O–H groups in total. The van der Waals surface area contributed by atoms with Crippen molar-refractivity contribution in [3.63, 3.8) is 0 Å². The monoisotopic (exact) mass is 299 g/mol. The van der Waals surface area contributed by atoms with Gasteiger partial charge in [0.1, 0.15) is 5.82 Å². The Morgan fingerprint density at radius 3 is 2.80 bits per heavy atom. The van der Waals surface area contributed by atoms with Gasteiger partial charge in [-0.05, 0) is 31.0 Å². The maximum Gasteiger partial charge on any atom is 0.243 e. The van der Waals surface area contributed by atoms with Gasteiger partial charge in [0.2, 0.25) is 10.0 Å². The lowest BCUT2D eigenvalue weighted by molar-refractivity contribution is -0.123. The second kappa shape index (κ2) is 6.01. The number of sulfonamides is 1. The van der Waals surface area contributed by atoms with Gasteiger partial charge in [-0.3, -0.25) is 4.79 Å². The van der Waals surface area contributed by atoms with E-state index in [1.54, 1.807) is 6.92 Å². The molecule has 1 fully saturated rings. The maximum atomic E-state index is 13.2. The van der Waals surface area contributed by atoms with Crippen LogP contribution in [-0.4, -0.2) is 31.1 Å². The van der Waals surface area contributed by atoms with Gasteiger partial charge in [-0.1, -0.05) is 19.4 Å². The van der Waals surface area contributed by atoms with E-state index < -0.39 is 21.9 Å². The number of benzene rings is 1. The molecule has 1 aromatic rings. The summed E-state index contributed by atoms with van der Waals surface area (Å²) in [4.78, 5) is 11.9. The highest BCUT2D eigenvalue weighted by Gasteiger charge is 2.36. The van der Waals surface area contributed by atoms with Gasteiger partial charge in [-0.25, -0.2) is 12.8 Å². The van der Waals surface area contributed by atoms with Crippen molar-refractivity contribution in [1.29, 1.82) is 0 Å². The Morgan fingerprint density at radius 1 is 1.40 bits per heavy atom. The van der Waals surface area contributed by atoms with Gasteiger partial charge in [0.05, 0.1) is 10.9 Å². The highest BCUT2D eigenvalue weighted by molar-refractivity contribution is 7.89. The van der Waals surface area contributed by atoms with Crippen LogP contribution in [0.2, 0.25) is 0 Å². The van der Waals surface area contributed by atoms with Crippen molar-refractivity contribution in [2.45, 2.75) is 43.5 Å². The van der Waals surface area contributed by atoms with Crippen LogP contribution in [0, 0.1) is 5.82 Å². The number of hydrogen-bond donors (Lipinski definition) is 0. The first-order valence-corrected chi connectivity index (χ1v) is 8.21. The van der Waals surface area contributed by atoms with Crippen molar-refractivity contribution in [2.24, 2.45) is 0 Å². The fraction of sp³-hybridized carbons (Fsp3) is 0.500. The summed E-state index contributed by atoms with van der Waals surface area (Å²) < 4.78 is 39.6. The van der Waals surface area contributed by atoms with Crippen LogP contribution in [-0.2, 0) is 14.8 Å². The molecule has 0 aromatic heterocycles. The van der Waals surface area contributed by atoms with Crippen LogP contribution in [0.25, 0.3) is 0 Å². The molecule has 20 heavy (non-hydrogen) atoms. The summed E-state index contributed by atoms with van der Waals surface area (Å²) in [5.74, 6) is -0.675. The quantitative estimate of drug-likeness (QED) is 0.857. The Bertz CT molecular complexity index is 600. The van der Waals surface area contributed by atoms with Crippen molar-refractivity contribution < 1.29 is 17.6 Å². The lowest BCUT2D eigenvalue weighted by Crippen LogP contribution is -2.47. The predicted octanol–water partition coefficient (Wildman–Crippen LogP) is 2.35. The van der Waals surface area contributed by atoms with E-state index in [9.17, 15) is 17.6 Å². The summed E-state index contributed by atoms with van der Waals surface area (Å²) in [5.41, 5.74) is 0. The minimum atomic E-state index is -3.82. The third-order valence-electron chi connectivity index (χ3n) is 3.58. The number of ketones is 1. The van der Waals surface area contributed by atoms with Crippen LogP contribution >= 0.6 is 0 Å². The molecule has 1 unspecified atom stereocenters. The second-order valence-corrected chi connectivity index (χ2v) is 6.80. The summed E-state index contributed by atoms with van der Waals surface area (Å²) in [6, 6.07) is 4.31.